The third kappa shape index (κ3) is 1.43. The van der Waals surface area contributed by atoms with Gasteiger partial charge in [-0.05, 0) is 12.8 Å². The van der Waals surface area contributed by atoms with Crippen LogP contribution >= 0.6 is 0 Å². The second-order valence-electron chi connectivity index (χ2n) is 4.38. The zero-order chi connectivity index (χ0) is 11.0. The molecule has 0 amide bonds. The summed E-state index contributed by atoms with van der Waals surface area (Å²) in [7, 11) is 0. The Balaban J connectivity index is 2.10. The van der Waals surface area contributed by atoms with Crippen molar-refractivity contribution in [2.45, 2.75) is 38.1 Å². The summed E-state index contributed by atoms with van der Waals surface area (Å²) in [6, 6.07) is 0.422. The van der Waals surface area contributed by atoms with Crippen molar-refractivity contribution < 1.29 is 0 Å². The summed E-state index contributed by atoms with van der Waals surface area (Å²) in [5.41, 5.74) is 0.704. The van der Waals surface area contributed by atoms with Crippen LogP contribution in [0.15, 0.2) is 17.2 Å². The fourth-order valence-corrected chi connectivity index (χ4v) is 2.48. The van der Waals surface area contributed by atoms with Crippen LogP contribution in [0.4, 0.5) is 0 Å². The fraction of sp³-hybridized carbons (Fsp3) is 0.545. The highest BCUT2D eigenvalue weighted by atomic mass is 16.1. The van der Waals surface area contributed by atoms with Gasteiger partial charge >= 0.3 is 0 Å². The molecule has 84 valence electrons. The Bertz CT molecular complexity index is 550. The first kappa shape index (κ1) is 9.57. The monoisotopic (exact) mass is 218 g/mol. The summed E-state index contributed by atoms with van der Waals surface area (Å²) < 4.78 is 1.93. The third-order valence-electron chi connectivity index (χ3n) is 3.33. The van der Waals surface area contributed by atoms with Gasteiger partial charge in [0.2, 0.25) is 5.43 Å². The molecule has 1 aliphatic rings. The molecule has 0 atom stereocenters. The van der Waals surface area contributed by atoms with Crippen molar-refractivity contribution in [1.82, 2.24) is 20.0 Å². The summed E-state index contributed by atoms with van der Waals surface area (Å²) in [5, 5.41) is 11.7. The molecule has 0 spiro atoms. The molecule has 1 N–H and O–H groups in total. The number of fused-ring (bicyclic) bond motifs is 1. The molecule has 1 fully saturated rings. The minimum Gasteiger partial charge on any atom is -0.287 e. The molecule has 5 nitrogen and oxygen atoms in total. The Hall–Kier alpha value is -1.65. The van der Waals surface area contributed by atoms with Gasteiger partial charge in [0.25, 0.3) is 0 Å². The van der Waals surface area contributed by atoms with Crippen LogP contribution in [-0.4, -0.2) is 20.0 Å². The Morgan fingerprint density at radius 2 is 2.06 bits per heavy atom. The number of nitrogens with one attached hydrogen (secondary N) is 1. The van der Waals surface area contributed by atoms with E-state index < -0.39 is 0 Å². The van der Waals surface area contributed by atoms with Crippen LogP contribution in [0, 0.1) is 0 Å². The first-order chi connectivity index (χ1) is 7.86. The zero-order valence-electron chi connectivity index (χ0n) is 9.02. The summed E-state index contributed by atoms with van der Waals surface area (Å²) >= 11 is 0. The van der Waals surface area contributed by atoms with Crippen molar-refractivity contribution in [2.24, 2.45) is 0 Å². The van der Waals surface area contributed by atoms with Crippen molar-refractivity contribution in [3.05, 3.63) is 22.6 Å². The molecule has 0 aliphatic heterocycles. The van der Waals surface area contributed by atoms with Gasteiger partial charge in [0.15, 0.2) is 5.65 Å². The molecule has 0 bridgehead atoms. The highest BCUT2D eigenvalue weighted by Crippen LogP contribution is 2.28. The first-order valence-corrected chi connectivity index (χ1v) is 5.77. The summed E-state index contributed by atoms with van der Waals surface area (Å²) in [4.78, 5) is 11.5. The lowest BCUT2D eigenvalue weighted by atomic mass is 9.96. The topological polar surface area (TPSA) is 63.6 Å². The van der Waals surface area contributed by atoms with Gasteiger partial charge in [-0.15, -0.1) is 0 Å². The van der Waals surface area contributed by atoms with Crippen LogP contribution in [-0.2, 0) is 0 Å². The SMILES string of the molecule is O=c1cn[nH]c2c1cnn2C1CCCCC1. The van der Waals surface area contributed by atoms with Crippen LogP contribution in [0.5, 0.6) is 0 Å². The molecule has 2 heterocycles. The molecule has 0 saturated heterocycles. The van der Waals surface area contributed by atoms with Gasteiger partial charge in [0, 0.05) is 0 Å². The normalized spacial score (nSPS) is 18.0. The standard InChI is InChI=1S/C11H14N4O/c16-10-7-12-14-11-9(10)6-13-15(11)8-4-2-1-3-5-8/h6-8H,1-5H2,(H,14,16). The Labute approximate surface area is 92.5 Å². The minimum absolute atomic E-state index is 0.0594. The highest BCUT2D eigenvalue weighted by molar-refractivity contribution is 5.73. The number of aromatic amines is 1. The number of nitrogens with zero attached hydrogens (tertiary/aromatic N) is 3. The van der Waals surface area contributed by atoms with E-state index in [0.717, 1.165) is 18.5 Å². The second-order valence-corrected chi connectivity index (χ2v) is 4.38. The lowest BCUT2D eigenvalue weighted by Crippen LogP contribution is -2.15. The molecule has 1 saturated carbocycles. The third-order valence-corrected chi connectivity index (χ3v) is 3.33. The maximum atomic E-state index is 11.5. The van der Waals surface area contributed by atoms with Crippen LogP contribution in [0.1, 0.15) is 38.1 Å². The summed E-state index contributed by atoms with van der Waals surface area (Å²) in [5.74, 6) is 0. The summed E-state index contributed by atoms with van der Waals surface area (Å²) in [6.45, 7) is 0. The maximum Gasteiger partial charge on any atom is 0.211 e. The lowest BCUT2D eigenvalue weighted by Gasteiger charge is -2.22. The average Bonchev–Trinajstić information content (AvgIpc) is 2.75. The molecule has 0 radical (unpaired) electrons. The zero-order valence-corrected chi connectivity index (χ0v) is 9.02. The highest BCUT2D eigenvalue weighted by Gasteiger charge is 2.18. The van der Waals surface area contributed by atoms with E-state index in [-0.39, 0.29) is 5.43 Å². The van der Waals surface area contributed by atoms with E-state index in [2.05, 4.69) is 15.3 Å². The van der Waals surface area contributed by atoms with Gasteiger partial charge in [-0.2, -0.15) is 10.2 Å². The number of hydrogen-bond acceptors (Lipinski definition) is 3. The van der Waals surface area contributed by atoms with Crippen molar-refractivity contribution in [3.8, 4) is 0 Å². The predicted octanol–water partition coefficient (Wildman–Crippen LogP) is 1.62. The second kappa shape index (κ2) is 3.73. The average molecular weight is 218 g/mol. The molecular weight excluding hydrogens is 204 g/mol. The van der Waals surface area contributed by atoms with Gasteiger partial charge in [-0.25, -0.2) is 4.68 Å². The van der Waals surface area contributed by atoms with E-state index in [0.29, 0.717) is 11.4 Å². The van der Waals surface area contributed by atoms with E-state index in [1.54, 1.807) is 6.20 Å². The fourth-order valence-electron chi connectivity index (χ4n) is 2.48. The molecule has 5 heteroatoms. The van der Waals surface area contributed by atoms with E-state index in [1.165, 1.54) is 25.5 Å². The van der Waals surface area contributed by atoms with Crippen molar-refractivity contribution in [2.75, 3.05) is 0 Å². The molecule has 3 rings (SSSR count). The van der Waals surface area contributed by atoms with Gasteiger partial charge in [0.05, 0.1) is 23.8 Å². The molecule has 16 heavy (non-hydrogen) atoms. The van der Waals surface area contributed by atoms with Crippen LogP contribution in [0.25, 0.3) is 11.0 Å². The molecule has 2 aromatic heterocycles. The smallest absolute Gasteiger partial charge is 0.211 e. The van der Waals surface area contributed by atoms with E-state index in [4.69, 9.17) is 0 Å². The largest absolute Gasteiger partial charge is 0.287 e. The van der Waals surface area contributed by atoms with Gasteiger partial charge < -0.3 is 0 Å². The van der Waals surface area contributed by atoms with Crippen molar-refractivity contribution in [3.63, 3.8) is 0 Å². The molecule has 2 aromatic rings. The quantitative estimate of drug-likeness (QED) is 0.791. The minimum atomic E-state index is -0.0594. The molecule has 0 aromatic carbocycles. The van der Waals surface area contributed by atoms with Crippen LogP contribution in [0.3, 0.4) is 0 Å². The lowest BCUT2D eigenvalue weighted by molar-refractivity contribution is 0.335. The van der Waals surface area contributed by atoms with E-state index >= 15 is 0 Å². The van der Waals surface area contributed by atoms with E-state index in [1.807, 2.05) is 4.68 Å². The van der Waals surface area contributed by atoms with Gasteiger partial charge in [-0.3, -0.25) is 9.89 Å². The maximum absolute atomic E-state index is 11.5. The Morgan fingerprint density at radius 3 is 2.88 bits per heavy atom. The molecule has 0 unspecified atom stereocenters. The Morgan fingerprint density at radius 1 is 1.25 bits per heavy atom. The molecule has 1 aliphatic carbocycles. The van der Waals surface area contributed by atoms with E-state index in [9.17, 15) is 4.79 Å². The predicted molar refractivity (Wildman–Crippen MR) is 60.3 cm³/mol. The number of rotatable bonds is 1. The first-order valence-electron chi connectivity index (χ1n) is 5.77. The van der Waals surface area contributed by atoms with Gasteiger partial charge in [-0.1, -0.05) is 19.3 Å². The summed E-state index contributed by atoms with van der Waals surface area (Å²) in [6.07, 6.45) is 9.04. The van der Waals surface area contributed by atoms with Crippen LogP contribution in [0.2, 0.25) is 0 Å². The molecular formula is C11H14N4O. The Kier molecular flexibility index (Phi) is 2.23. The number of aromatic nitrogens is 4. The van der Waals surface area contributed by atoms with Crippen molar-refractivity contribution >= 4 is 11.0 Å². The van der Waals surface area contributed by atoms with Crippen LogP contribution < -0.4 is 5.43 Å². The van der Waals surface area contributed by atoms with Gasteiger partial charge in [0.1, 0.15) is 0 Å². The van der Waals surface area contributed by atoms with Crippen molar-refractivity contribution in [1.29, 1.82) is 0 Å². The number of H-pyrrole nitrogens is 1. The number of hydrogen-bond donors (Lipinski definition) is 1.